The quantitative estimate of drug-likeness (QED) is 0.407. The molecular formula is C27H28Cl2FNO3. The first-order chi connectivity index (χ1) is 16.2. The second-order valence-corrected chi connectivity index (χ2v) is 9.73. The Hall–Kier alpha value is -2.15. The maximum Gasteiger partial charge on any atom is 0.125 e. The molecular weight excluding hydrogens is 476 g/mol. The van der Waals surface area contributed by atoms with Crippen LogP contribution in [0, 0.1) is 5.82 Å². The van der Waals surface area contributed by atoms with Crippen LogP contribution in [0.1, 0.15) is 42.6 Å². The molecule has 1 aliphatic rings. The smallest absolute Gasteiger partial charge is 0.125 e. The third kappa shape index (κ3) is 5.73. The lowest BCUT2D eigenvalue weighted by Gasteiger charge is -2.42. The van der Waals surface area contributed by atoms with Gasteiger partial charge in [-0.25, -0.2) is 4.39 Å². The number of benzene rings is 3. The Bertz CT molecular complexity index is 1100. The molecule has 0 spiro atoms. The standard InChI is InChI=1S/C27H28Cl2FNO3/c1-18(31-14-12-27(33,13-15-31)20-4-9-23(30)10-5-20)26(32)24-16-22(29)8-11-25(24)34-17-19-2-6-21(28)7-3-19/h2-11,16,18,26,32-33H,12-15,17H2,1H3. The second kappa shape index (κ2) is 10.6. The Morgan fingerprint density at radius 3 is 2.24 bits per heavy atom. The largest absolute Gasteiger partial charge is 0.489 e. The van der Waals surface area contributed by atoms with E-state index < -0.39 is 11.7 Å². The van der Waals surface area contributed by atoms with E-state index in [9.17, 15) is 14.6 Å². The predicted octanol–water partition coefficient (Wildman–Crippen LogP) is 6.12. The summed E-state index contributed by atoms with van der Waals surface area (Å²) in [5.41, 5.74) is 1.30. The average molecular weight is 504 g/mol. The lowest BCUT2D eigenvalue weighted by Crippen LogP contribution is -2.47. The average Bonchev–Trinajstić information content (AvgIpc) is 2.84. The minimum Gasteiger partial charge on any atom is -0.489 e. The summed E-state index contributed by atoms with van der Waals surface area (Å²) in [5, 5.41) is 23.5. The molecule has 1 saturated heterocycles. The van der Waals surface area contributed by atoms with Crippen LogP contribution < -0.4 is 4.74 Å². The van der Waals surface area contributed by atoms with Gasteiger partial charge in [-0.1, -0.05) is 47.5 Å². The monoisotopic (exact) mass is 503 g/mol. The van der Waals surface area contributed by atoms with Crippen molar-refractivity contribution < 1.29 is 19.3 Å². The van der Waals surface area contributed by atoms with Crippen molar-refractivity contribution in [1.29, 1.82) is 0 Å². The van der Waals surface area contributed by atoms with Crippen LogP contribution in [-0.2, 0) is 12.2 Å². The van der Waals surface area contributed by atoms with Crippen LogP contribution in [0.5, 0.6) is 5.75 Å². The third-order valence-electron chi connectivity index (χ3n) is 6.64. The molecule has 4 nitrogen and oxygen atoms in total. The Kier molecular flexibility index (Phi) is 7.80. The molecule has 2 N–H and O–H groups in total. The van der Waals surface area contributed by atoms with Gasteiger partial charge in [-0.15, -0.1) is 0 Å². The number of halogens is 3. The SMILES string of the molecule is CC(C(O)c1cc(Cl)ccc1OCc1ccc(Cl)cc1)N1CCC(O)(c2ccc(F)cc2)CC1. The van der Waals surface area contributed by atoms with Crippen molar-refractivity contribution in [3.05, 3.63) is 99.3 Å². The summed E-state index contributed by atoms with van der Waals surface area (Å²) >= 11 is 12.2. The van der Waals surface area contributed by atoms with Gasteiger partial charge in [0.2, 0.25) is 0 Å². The highest BCUT2D eigenvalue weighted by atomic mass is 35.5. The van der Waals surface area contributed by atoms with Crippen LogP contribution in [0.25, 0.3) is 0 Å². The molecule has 180 valence electrons. The maximum absolute atomic E-state index is 13.3. The molecule has 3 aromatic carbocycles. The molecule has 0 aliphatic carbocycles. The van der Waals surface area contributed by atoms with Gasteiger partial charge in [0.05, 0.1) is 11.7 Å². The van der Waals surface area contributed by atoms with E-state index >= 15 is 0 Å². The fraction of sp³-hybridized carbons (Fsp3) is 0.333. The Labute approximate surface area is 209 Å². The van der Waals surface area contributed by atoms with E-state index in [-0.39, 0.29) is 11.9 Å². The summed E-state index contributed by atoms with van der Waals surface area (Å²) in [6, 6.07) is 18.4. The van der Waals surface area contributed by atoms with Gasteiger partial charge in [0.1, 0.15) is 18.2 Å². The van der Waals surface area contributed by atoms with Crippen molar-refractivity contribution in [2.75, 3.05) is 13.1 Å². The molecule has 0 aromatic heterocycles. The van der Waals surface area contributed by atoms with Crippen molar-refractivity contribution in [3.8, 4) is 5.75 Å². The number of aliphatic hydroxyl groups excluding tert-OH is 1. The number of rotatable bonds is 7. The molecule has 4 rings (SSSR count). The van der Waals surface area contributed by atoms with Gasteiger partial charge in [-0.2, -0.15) is 0 Å². The number of piperidine rings is 1. The molecule has 1 heterocycles. The van der Waals surface area contributed by atoms with Gasteiger partial charge in [0.15, 0.2) is 0 Å². The zero-order chi connectivity index (χ0) is 24.3. The number of aliphatic hydroxyl groups is 2. The molecule has 2 atom stereocenters. The fourth-order valence-electron chi connectivity index (χ4n) is 4.43. The highest BCUT2D eigenvalue weighted by Crippen LogP contribution is 2.37. The number of nitrogens with zero attached hydrogens (tertiary/aromatic N) is 1. The fourth-order valence-corrected chi connectivity index (χ4v) is 4.74. The highest BCUT2D eigenvalue weighted by molar-refractivity contribution is 6.30. The minimum atomic E-state index is -1.00. The summed E-state index contributed by atoms with van der Waals surface area (Å²) in [6.07, 6.45) is 0.145. The maximum atomic E-state index is 13.3. The lowest BCUT2D eigenvalue weighted by molar-refractivity contribution is -0.0504. The van der Waals surface area contributed by atoms with Gasteiger partial charge < -0.3 is 14.9 Å². The van der Waals surface area contributed by atoms with E-state index in [1.54, 1.807) is 30.3 Å². The summed E-state index contributed by atoms with van der Waals surface area (Å²) in [5.74, 6) is 0.246. The van der Waals surface area contributed by atoms with Gasteiger partial charge in [0, 0.05) is 34.7 Å². The van der Waals surface area contributed by atoms with E-state index in [1.807, 2.05) is 31.2 Å². The molecule has 1 fully saturated rings. The zero-order valence-corrected chi connectivity index (χ0v) is 20.4. The molecule has 7 heteroatoms. The summed E-state index contributed by atoms with van der Waals surface area (Å²) in [7, 11) is 0. The molecule has 0 radical (unpaired) electrons. The molecule has 2 unspecified atom stereocenters. The minimum absolute atomic E-state index is 0.228. The molecule has 1 aliphatic heterocycles. The number of hydrogen-bond acceptors (Lipinski definition) is 4. The van der Waals surface area contributed by atoms with Crippen molar-refractivity contribution in [2.24, 2.45) is 0 Å². The molecule has 0 saturated carbocycles. The van der Waals surface area contributed by atoms with E-state index in [0.717, 1.165) is 11.1 Å². The summed E-state index contributed by atoms with van der Waals surface area (Å²) in [6.45, 7) is 3.47. The van der Waals surface area contributed by atoms with Crippen molar-refractivity contribution in [1.82, 2.24) is 4.90 Å². The summed E-state index contributed by atoms with van der Waals surface area (Å²) in [4.78, 5) is 2.15. The van der Waals surface area contributed by atoms with Gasteiger partial charge in [-0.3, -0.25) is 4.90 Å². The van der Waals surface area contributed by atoms with Crippen molar-refractivity contribution >= 4 is 23.2 Å². The topological polar surface area (TPSA) is 52.9 Å². The first-order valence-electron chi connectivity index (χ1n) is 11.3. The Balaban J connectivity index is 1.44. The van der Waals surface area contributed by atoms with Crippen LogP contribution in [0.4, 0.5) is 4.39 Å². The van der Waals surface area contributed by atoms with Crippen LogP contribution in [-0.4, -0.2) is 34.2 Å². The van der Waals surface area contributed by atoms with Gasteiger partial charge in [0.25, 0.3) is 0 Å². The zero-order valence-electron chi connectivity index (χ0n) is 18.9. The molecule has 3 aromatic rings. The lowest BCUT2D eigenvalue weighted by atomic mass is 9.83. The van der Waals surface area contributed by atoms with Crippen LogP contribution >= 0.6 is 23.2 Å². The van der Waals surface area contributed by atoms with Crippen LogP contribution in [0.15, 0.2) is 66.7 Å². The molecule has 0 bridgehead atoms. The normalized spacial score (nSPS) is 17.8. The Morgan fingerprint density at radius 2 is 1.59 bits per heavy atom. The molecule has 0 amide bonds. The second-order valence-electron chi connectivity index (χ2n) is 8.86. The third-order valence-corrected chi connectivity index (χ3v) is 7.12. The van der Waals surface area contributed by atoms with E-state index in [0.29, 0.717) is 53.9 Å². The van der Waals surface area contributed by atoms with Crippen molar-refractivity contribution in [3.63, 3.8) is 0 Å². The summed E-state index contributed by atoms with van der Waals surface area (Å²) < 4.78 is 19.3. The van der Waals surface area contributed by atoms with Gasteiger partial charge in [-0.05, 0) is 73.4 Å². The first kappa shape index (κ1) is 25.0. The van der Waals surface area contributed by atoms with Crippen LogP contribution in [0.2, 0.25) is 10.0 Å². The number of ether oxygens (including phenoxy) is 1. The van der Waals surface area contributed by atoms with E-state index in [1.165, 1.54) is 12.1 Å². The Morgan fingerprint density at radius 1 is 0.971 bits per heavy atom. The van der Waals surface area contributed by atoms with Crippen LogP contribution in [0.3, 0.4) is 0 Å². The number of hydrogen-bond donors (Lipinski definition) is 2. The predicted molar refractivity (Wildman–Crippen MR) is 133 cm³/mol. The van der Waals surface area contributed by atoms with E-state index in [2.05, 4.69) is 4.90 Å². The number of likely N-dealkylation sites (tertiary alicyclic amines) is 1. The molecule has 34 heavy (non-hydrogen) atoms. The first-order valence-corrected chi connectivity index (χ1v) is 12.1. The van der Waals surface area contributed by atoms with E-state index in [4.69, 9.17) is 27.9 Å². The highest BCUT2D eigenvalue weighted by Gasteiger charge is 2.37. The van der Waals surface area contributed by atoms with Gasteiger partial charge >= 0.3 is 0 Å². The van der Waals surface area contributed by atoms with Crippen molar-refractivity contribution in [2.45, 2.75) is 44.1 Å².